The van der Waals surface area contributed by atoms with Gasteiger partial charge >= 0.3 is 0 Å². The van der Waals surface area contributed by atoms with Gasteiger partial charge in [0.05, 0.1) is 0 Å². The Balaban J connectivity index is 2.03. The van der Waals surface area contributed by atoms with Gasteiger partial charge in [0, 0.05) is 18.8 Å². The van der Waals surface area contributed by atoms with E-state index in [1.165, 1.54) is 6.42 Å². The van der Waals surface area contributed by atoms with Crippen LogP contribution in [0.4, 0.5) is 0 Å². The van der Waals surface area contributed by atoms with Gasteiger partial charge in [0.1, 0.15) is 0 Å². The molecule has 18 heavy (non-hydrogen) atoms. The zero-order valence-electron chi connectivity index (χ0n) is 11.7. The van der Waals surface area contributed by atoms with Crippen LogP contribution >= 0.6 is 0 Å². The Labute approximate surface area is 109 Å². The molecule has 0 saturated carbocycles. The van der Waals surface area contributed by atoms with E-state index >= 15 is 0 Å². The number of aryl methyl sites for hydroxylation is 1. The second-order valence-electron chi connectivity index (χ2n) is 6.34. The summed E-state index contributed by atoms with van der Waals surface area (Å²) in [5.74, 6) is 0.735. The van der Waals surface area contributed by atoms with Gasteiger partial charge in [0.15, 0.2) is 0 Å². The van der Waals surface area contributed by atoms with Crippen LogP contribution in [0.3, 0.4) is 0 Å². The lowest BCUT2D eigenvalue weighted by molar-refractivity contribution is 0.472. The van der Waals surface area contributed by atoms with E-state index in [9.17, 15) is 4.79 Å². The molecule has 0 spiro atoms. The lowest BCUT2D eigenvalue weighted by atomic mass is 9.88. The maximum atomic E-state index is 12.0. The van der Waals surface area contributed by atoms with Gasteiger partial charge in [-0.1, -0.05) is 20.8 Å². The quantitative estimate of drug-likeness (QED) is 0.889. The SMILES string of the molecule is CC(C)(C)c1ccn(CCC2CCNC2)c(=O)c1. The third-order valence-electron chi connectivity index (χ3n) is 3.80. The number of rotatable bonds is 3. The molecule has 1 atom stereocenters. The highest BCUT2D eigenvalue weighted by atomic mass is 16.1. The van der Waals surface area contributed by atoms with Gasteiger partial charge in [-0.25, -0.2) is 0 Å². The fraction of sp³-hybridized carbons (Fsp3) is 0.667. The summed E-state index contributed by atoms with van der Waals surface area (Å²) >= 11 is 0. The first-order valence-corrected chi connectivity index (χ1v) is 6.88. The van der Waals surface area contributed by atoms with Gasteiger partial charge in [-0.15, -0.1) is 0 Å². The van der Waals surface area contributed by atoms with Gasteiger partial charge in [0.25, 0.3) is 5.56 Å². The van der Waals surface area contributed by atoms with E-state index in [2.05, 4.69) is 32.2 Å². The van der Waals surface area contributed by atoms with Crippen LogP contribution in [-0.4, -0.2) is 17.7 Å². The lowest BCUT2D eigenvalue weighted by Crippen LogP contribution is -2.24. The second kappa shape index (κ2) is 5.27. The number of nitrogens with one attached hydrogen (secondary N) is 1. The molecule has 1 aliphatic heterocycles. The second-order valence-corrected chi connectivity index (χ2v) is 6.34. The molecular formula is C15H24N2O. The Morgan fingerprint density at radius 1 is 1.44 bits per heavy atom. The molecule has 3 nitrogen and oxygen atoms in total. The van der Waals surface area contributed by atoms with Crippen LogP contribution in [0.2, 0.25) is 0 Å². The van der Waals surface area contributed by atoms with Crippen molar-refractivity contribution in [2.75, 3.05) is 13.1 Å². The fourth-order valence-corrected chi connectivity index (χ4v) is 2.44. The van der Waals surface area contributed by atoms with Crippen molar-refractivity contribution in [3.05, 3.63) is 34.2 Å². The van der Waals surface area contributed by atoms with Crippen LogP contribution in [0.1, 0.15) is 39.2 Å². The Morgan fingerprint density at radius 3 is 2.78 bits per heavy atom. The summed E-state index contributed by atoms with van der Waals surface area (Å²) in [5, 5.41) is 3.36. The van der Waals surface area contributed by atoms with Crippen molar-refractivity contribution in [3.8, 4) is 0 Å². The number of hydrogen-bond acceptors (Lipinski definition) is 2. The topological polar surface area (TPSA) is 34.0 Å². The molecule has 100 valence electrons. The highest BCUT2D eigenvalue weighted by Crippen LogP contribution is 2.20. The molecule has 0 aliphatic carbocycles. The Kier molecular flexibility index (Phi) is 3.91. The van der Waals surface area contributed by atoms with E-state index < -0.39 is 0 Å². The van der Waals surface area contributed by atoms with Crippen molar-refractivity contribution in [1.82, 2.24) is 9.88 Å². The van der Waals surface area contributed by atoms with Gasteiger partial charge in [-0.2, -0.15) is 0 Å². The molecule has 1 aliphatic rings. The summed E-state index contributed by atoms with van der Waals surface area (Å²) in [7, 11) is 0. The maximum absolute atomic E-state index is 12.0. The fourth-order valence-electron chi connectivity index (χ4n) is 2.44. The Hall–Kier alpha value is -1.09. The molecule has 2 rings (SSSR count). The molecule has 1 saturated heterocycles. The third-order valence-corrected chi connectivity index (χ3v) is 3.80. The first-order chi connectivity index (χ1) is 8.47. The molecule has 3 heteroatoms. The van der Waals surface area contributed by atoms with Crippen LogP contribution in [0, 0.1) is 5.92 Å². The monoisotopic (exact) mass is 248 g/mol. The van der Waals surface area contributed by atoms with Crippen LogP contribution in [0.15, 0.2) is 23.1 Å². The highest BCUT2D eigenvalue weighted by molar-refractivity contribution is 5.19. The number of hydrogen-bond donors (Lipinski definition) is 1. The smallest absolute Gasteiger partial charge is 0.250 e. The zero-order valence-corrected chi connectivity index (χ0v) is 11.7. The van der Waals surface area contributed by atoms with Crippen molar-refractivity contribution in [2.45, 2.75) is 45.6 Å². The van der Waals surface area contributed by atoms with Gasteiger partial charge in [-0.05, 0) is 48.9 Å². The average Bonchev–Trinajstić information content (AvgIpc) is 2.79. The van der Waals surface area contributed by atoms with Crippen molar-refractivity contribution < 1.29 is 0 Å². The number of nitrogens with zero attached hydrogens (tertiary/aromatic N) is 1. The third kappa shape index (κ3) is 3.22. The molecule has 1 aromatic heterocycles. The minimum Gasteiger partial charge on any atom is -0.316 e. The first kappa shape index (κ1) is 13.3. The molecule has 0 radical (unpaired) electrons. The van der Waals surface area contributed by atoms with Crippen molar-refractivity contribution in [1.29, 1.82) is 0 Å². The van der Waals surface area contributed by atoms with Crippen LogP contribution < -0.4 is 10.9 Å². The molecule has 0 aromatic carbocycles. The summed E-state index contributed by atoms with van der Waals surface area (Å²) in [5.41, 5.74) is 1.30. The molecule has 0 amide bonds. The molecule has 1 fully saturated rings. The van der Waals surface area contributed by atoms with Gasteiger partial charge < -0.3 is 9.88 Å². The van der Waals surface area contributed by atoms with Crippen molar-refractivity contribution >= 4 is 0 Å². The van der Waals surface area contributed by atoms with E-state index in [-0.39, 0.29) is 11.0 Å². The molecular weight excluding hydrogens is 224 g/mol. The normalized spacial score (nSPS) is 20.3. The van der Waals surface area contributed by atoms with Crippen LogP contribution in [0.25, 0.3) is 0 Å². The minimum atomic E-state index is 0.0492. The van der Waals surface area contributed by atoms with E-state index in [1.54, 1.807) is 6.07 Å². The highest BCUT2D eigenvalue weighted by Gasteiger charge is 2.16. The van der Waals surface area contributed by atoms with Gasteiger partial charge in [-0.3, -0.25) is 4.79 Å². The van der Waals surface area contributed by atoms with E-state index in [0.29, 0.717) is 0 Å². The summed E-state index contributed by atoms with van der Waals surface area (Å²) in [6.07, 6.45) is 4.29. The summed E-state index contributed by atoms with van der Waals surface area (Å²) in [6, 6.07) is 3.86. The average molecular weight is 248 g/mol. The Morgan fingerprint density at radius 2 is 2.22 bits per heavy atom. The van der Waals surface area contributed by atoms with Gasteiger partial charge in [0.2, 0.25) is 0 Å². The standard InChI is InChI=1S/C15H24N2O/c1-15(2,3)13-6-9-17(14(18)10-13)8-5-12-4-7-16-11-12/h6,9-10,12,16H,4-5,7-8,11H2,1-3H3. The molecule has 0 bridgehead atoms. The maximum Gasteiger partial charge on any atom is 0.250 e. The summed E-state index contributed by atoms with van der Waals surface area (Å²) in [6.45, 7) is 9.48. The predicted molar refractivity (Wildman–Crippen MR) is 75.0 cm³/mol. The minimum absolute atomic E-state index is 0.0492. The van der Waals surface area contributed by atoms with Crippen molar-refractivity contribution in [2.24, 2.45) is 5.92 Å². The molecule has 1 N–H and O–H groups in total. The number of aromatic nitrogens is 1. The zero-order chi connectivity index (χ0) is 13.2. The molecule has 1 aromatic rings. The van der Waals surface area contributed by atoms with Crippen LogP contribution in [0.5, 0.6) is 0 Å². The number of pyridine rings is 1. The molecule has 1 unspecified atom stereocenters. The van der Waals surface area contributed by atoms with E-state index in [0.717, 1.165) is 37.5 Å². The van der Waals surface area contributed by atoms with Crippen LogP contribution in [-0.2, 0) is 12.0 Å². The summed E-state index contributed by atoms with van der Waals surface area (Å²) in [4.78, 5) is 12.0. The molecule has 2 heterocycles. The Bertz CT molecular complexity index is 450. The first-order valence-electron chi connectivity index (χ1n) is 6.88. The van der Waals surface area contributed by atoms with Crippen molar-refractivity contribution in [3.63, 3.8) is 0 Å². The van der Waals surface area contributed by atoms with E-state index in [4.69, 9.17) is 0 Å². The largest absolute Gasteiger partial charge is 0.316 e. The summed E-state index contributed by atoms with van der Waals surface area (Å²) < 4.78 is 1.84. The lowest BCUT2D eigenvalue weighted by Gasteiger charge is -2.19. The van der Waals surface area contributed by atoms with E-state index in [1.807, 2.05) is 10.8 Å². The predicted octanol–water partition coefficient (Wildman–Crippen LogP) is 2.15.